The molecule has 0 aliphatic carbocycles. The molecule has 2 aliphatic rings. The molecule has 0 saturated carbocycles. The Hall–Kier alpha value is -3.63. The van der Waals surface area contributed by atoms with Crippen LogP contribution in [0, 0.1) is 11.8 Å². The standard InChI is InChI=1S/C23H18N2O5/c1-3-7-23(29)17-9-19-20-15(10-25(19)21(27)16(17)11-30-22(23)28)13(4-2)14-8-12(26)5-6-18(14)24-20/h5-6,8-9,26,29H,4,10-11H2,1-2H3/t23-/m0/s1. The van der Waals surface area contributed by atoms with Crippen LogP contribution in [-0.2, 0) is 34.7 Å². The molecule has 1 atom stereocenters. The number of esters is 1. The molecule has 5 rings (SSSR count). The Kier molecular flexibility index (Phi) is 3.79. The molecule has 0 radical (unpaired) electrons. The number of rotatable bonds is 1. The number of phenols is 1. The number of aromatic hydroxyl groups is 1. The fourth-order valence-electron chi connectivity index (χ4n) is 4.46. The Bertz CT molecular complexity index is 1390. The summed E-state index contributed by atoms with van der Waals surface area (Å²) in [6.45, 7) is 3.63. The third-order valence-corrected chi connectivity index (χ3v) is 5.84. The average Bonchev–Trinajstić information content (AvgIpc) is 3.09. The first-order chi connectivity index (χ1) is 14.4. The highest BCUT2D eigenvalue weighted by Crippen LogP contribution is 2.39. The van der Waals surface area contributed by atoms with Crippen LogP contribution in [0.3, 0.4) is 0 Å². The fraction of sp³-hybridized carbons (Fsp3) is 0.261. The maximum Gasteiger partial charge on any atom is 0.356 e. The summed E-state index contributed by atoms with van der Waals surface area (Å²) >= 11 is 0. The lowest BCUT2D eigenvalue weighted by Gasteiger charge is -2.28. The van der Waals surface area contributed by atoms with Crippen LogP contribution in [-0.4, -0.2) is 25.7 Å². The van der Waals surface area contributed by atoms with Gasteiger partial charge in [0, 0.05) is 16.5 Å². The molecule has 30 heavy (non-hydrogen) atoms. The number of cyclic esters (lactones) is 1. The fourth-order valence-corrected chi connectivity index (χ4v) is 4.46. The number of hydrogen-bond donors (Lipinski definition) is 2. The van der Waals surface area contributed by atoms with Crippen LogP contribution in [0.1, 0.15) is 36.1 Å². The summed E-state index contributed by atoms with van der Waals surface area (Å²) in [6.07, 6.45) is 0.695. The smallest absolute Gasteiger partial charge is 0.356 e. The Labute approximate surface area is 171 Å². The van der Waals surface area contributed by atoms with Crippen molar-refractivity contribution in [3.63, 3.8) is 0 Å². The lowest BCUT2D eigenvalue weighted by atomic mass is 9.88. The molecular weight excluding hydrogens is 384 g/mol. The molecule has 2 aromatic heterocycles. The summed E-state index contributed by atoms with van der Waals surface area (Å²) < 4.78 is 6.65. The van der Waals surface area contributed by atoms with Crippen LogP contribution >= 0.6 is 0 Å². The van der Waals surface area contributed by atoms with E-state index in [1.54, 1.807) is 28.8 Å². The number of phenolic OH excluding ortho intramolecular Hbond substituents is 1. The zero-order valence-electron chi connectivity index (χ0n) is 16.4. The van der Waals surface area contributed by atoms with Crippen LogP contribution in [0.25, 0.3) is 22.3 Å². The minimum absolute atomic E-state index is 0.154. The summed E-state index contributed by atoms with van der Waals surface area (Å²) in [7, 11) is 0. The van der Waals surface area contributed by atoms with E-state index in [1.807, 2.05) is 6.92 Å². The molecule has 2 N–H and O–H groups in total. The maximum atomic E-state index is 13.3. The summed E-state index contributed by atoms with van der Waals surface area (Å²) in [5.41, 5.74) is 1.62. The second-order valence-corrected chi connectivity index (χ2v) is 7.45. The highest BCUT2D eigenvalue weighted by atomic mass is 16.6. The predicted octanol–water partition coefficient (Wildman–Crippen LogP) is 1.96. The van der Waals surface area contributed by atoms with Crippen molar-refractivity contribution in [1.29, 1.82) is 0 Å². The summed E-state index contributed by atoms with van der Waals surface area (Å²) in [4.78, 5) is 30.3. The largest absolute Gasteiger partial charge is 0.508 e. The Morgan fingerprint density at radius 3 is 2.80 bits per heavy atom. The Morgan fingerprint density at radius 2 is 2.07 bits per heavy atom. The van der Waals surface area contributed by atoms with Crippen molar-refractivity contribution in [1.82, 2.24) is 9.55 Å². The van der Waals surface area contributed by atoms with Crippen molar-refractivity contribution < 1.29 is 19.7 Å². The molecule has 0 fully saturated rings. The van der Waals surface area contributed by atoms with E-state index in [0.29, 0.717) is 29.9 Å². The van der Waals surface area contributed by atoms with Gasteiger partial charge in [-0.15, -0.1) is 5.92 Å². The van der Waals surface area contributed by atoms with Crippen LogP contribution in [0.5, 0.6) is 5.75 Å². The number of pyridine rings is 2. The predicted molar refractivity (Wildman–Crippen MR) is 109 cm³/mol. The van der Waals surface area contributed by atoms with E-state index in [1.165, 1.54) is 6.92 Å². The zero-order chi connectivity index (χ0) is 21.2. The van der Waals surface area contributed by atoms with Gasteiger partial charge in [0.25, 0.3) is 11.2 Å². The molecule has 0 bridgehead atoms. The number of aromatic nitrogens is 2. The summed E-state index contributed by atoms with van der Waals surface area (Å²) in [6, 6.07) is 6.62. The molecular formula is C23H18N2O5. The number of carbonyl (C=O) groups excluding carboxylic acids is 1. The third-order valence-electron chi connectivity index (χ3n) is 5.84. The van der Waals surface area contributed by atoms with Gasteiger partial charge in [-0.25, -0.2) is 9.78 Å². The van der Waals surface area contributed by atoms with Gasteiger partial charge in [-0.3, -0.25) is 4.79 Å². The van der Waals surface area contributed by atoms with Crippen molar-refractivity contribution in [2.75, 3.05) is 0 Å². The second kappa shape index (κ2) is 6.18. The molecule has 150 valence electrons. The van der Waals surface area contributed by atoms with Gasteiger partial charge in [-0.2, -0.15) is 0 Å². The van der Waals surface area contributed by atoms with E-state index >= 15 is 0 Å². The maximum absolute atomic E-state index is 13.3. The van der Waals surface area contributed by atoms with Gasteiger partial charge < -0.3 is 19.5 Å². The lowest BCUT2D eigenvalue weighted by molar-refractivity contribution is -0.164. The molecule has 3 aromatic rings. The molecule has 7 heteroatoms. The van der Waals surface area contributed by atoms with Gasteiger partial charge in [0.2, 0.25) is 0 Å². The minimum atomic E-state index is -2.18. The number of benzene rings is 1. The minimum Gasteiger partial charge on any atom is -0.508 e. The Balaban J connectivity index is 1.85. The van der Waals surface area contributed by atoms with Crippen LogP contribution in [0.15, 0.2) is 29.1 Å². The van der Waals surface area contributed by atoms with Crippen LogP contribution < -0.4 is 5.56 Å². The molecule has 1 aromatic carbocycles. The normalized spacial score (nSPS) is 18.8. The van der Waals surface area contributed by atoms with E-state index < -0.39 is 11.6 Å². The van der Waals surface area contributed by atoms with E-state index in [0.717, 1.165) is 16.5 Å². The van der Waals surface area contributed by atoms with Crippen molar-refractivity contribution in [2.24, 2.45) is 0 Å². The monoisotopic (exact) mass is 402 g/mol. The molecule has 0 unspecified atom stereocenters. The number of hydrogen-bond acceptors (Lipinski definition) is 6. The number of aliphatic hydroxyl groups is 1. The van der Waals surface area contributed by atoms with Crippen molar-refractivity contribution in [3.8, 4) is 29.0 Å². The van der Waals surface area contributed by atoms with Gasteiger partial charge in [0.1, 0.15) is 12.4 Å². The Morgan fingerprint density at radius 1 is 1.27 bits per heavy atom. The molecule has 0 spiro atoms. The number of fused-ring (bicyclic) bond motifs is 5. The van der Waals surface area contributed by atoms with Gasteiger partial charge in [0.05, 0.1) is 29.0 Å². The topological polar surface area (TPSA) is 102 Å². The summed E-state index contributed by atoms with van der Waals surface area (Å²) in [5, 5.41) is 21.7. The quantitative estimate of drug-likeness (QED) is 0.373. The average molecular weight is 402 g/mol. The van der Waals surface area contributed by atoms with Crippen molar-refractivity contribution in [3.05, 3.63) is 56.9 Å². The first-order valence-corrected chi connectivity index (χ1v) is 9.64. The molecule has 0 amide bonds. The van der Waals surface area contributed by atoms with Crippen molar-refractivity contribution >= 4 is 16.9 Å². The second-order valence-electron chi connectivity index (χ2n) is 7.45. The summed E-state index contributed by atoms with van der Waals surface area (Å²) in [5.74, 6) is 4.32. The highest BCUT2D eigenvalue weighted by Gasteiger charge is 2.46. The SMILES string of the molecule is CC#C[C@@]1(O)C(=O)OCc2c1cc1n(c2=O)Cc2c-1nc1ccc(O)cc1c2CC. The van der Waals surface area contributed by atoms with Gasteiger partial charge in [-0.1, -0.05) is 12.8 Å². The van der Waals surface area contributed by atoms with E-state index in [9.17, 15) is 19.8 Å². The highest BCUT2D eigenvalue weighted by molar-refractivity contribution is 5.90. The van der Waals surface area contributed by atoms with Gasteiger partial charge >= 0.3 is 5.97 Å². The molecule has 2 aliphatic heterocycles. The molecule has 4 heterocycles. The van der Waals surface area contributed by atoms with Crippen LogP contribution in [0.4, 0.5) is 0 Å². The number of ether oxygens (including phenoxy) is 1. The van der Waals surface area contributed by atoms with Gasteiger partial charge in [0.15, 0.2) is 0 Å². The zero-order valence-corrected chi connectivity index (χ0v) is 16.4. The third kappa shape index (κ3) is 2.28. The number of aryl methyl sites for hydroxylation is 1. The lowest BCUT2D eigenvalue weighted by Crippen LogP contribution is -2.43. The molecule has 0 saturated heterocycles. The molecule has 7 nitrogen and oxygen atoms in total. The first kappa shape index (κ1) is 18.4. The van der Waals surface area contributed by atoms with E-state index in [-0.39, 0.29) is 29.0 Å². The van der Waals surface area contributed by atoms with Gasteiger partial charge in [-0.05, 0) is 43.2 Å². The number of carbonyl (C=O) groups is 1. The van der Waals surface area contributed by atoms with E-state index in [4.69, 9.17) is 9.72 Å². The number of nitrogens with zero attached hydrogens (tertiary/aromatic N) is 2. The van der Waals surface area contributed by atoms with Crippen LogP contribution in [0.2, 0.25) is 0 Å². The first-order valence-electron chi connectivity index (χ1n) is 9.64. The van der Waals surface area contributed by atoms with E-state index in [2.05, 4.69) is 11.8 Å². The van der Waals surface area contributed by atoms with Crippen molar-refractivity contribution in [2.45, 2.75) is 39.0 Å².